The van der Waals surface area contributed by atoms with Crippen molar-refractivity contribution in [3.05, 3.63) is 30.3 Å². The summed E-state index contributed by atoms with van der Waals surface area (Å²) < 4.78 is 4.44. The summed E-state index contributed by atoms with van der Waals surface area (Å²) in [5.74, 6) is 0. The van der Waals surface area contributed by atoms with Gasteiger partial charge in [-0.2, -0.15) is 10.2 Å². The molecule has 0 saturated carbocycles. The van der Waals surface area contributed by atoms with Crippen molar-refractivity contribution >= 4 is 5.69 Å². The van der Waals surface area contributed by atoms with Gasteiger partial charge in [-0.25, -0.2) is 0 Å². The van der Waals surface area contributed by atoms with E-state index in [-0.39, 0.29) is 6.61 Å². The number of aliphatic hydroxyl groups is 1. The van der Waals surface area contributed by atoms with Crippen LogP contribution in [0.1, 0.15) is 27.7 Å². The van der Waals surface area contributed by atoms with Crippen LogP contribution in [0.5, 0.6) is 0 Å². The molecule has 0 unspecified atom stereocenters. The Morgan fingerprint density at radius 3 is 1.83 bits per heavy atom. The molecule has 4 heteroatoms. The SMILES string of the molecule is CC.CC.CN=Nc1ccccc1.COCCO. The Balaban J connectivity index is -0.000000215. The van der Waals surface area contributed by atoms with E-state index in [2.05, 4.69) is 15.0 Å². The van der Waals surface area contributed by atoms with E-state index < -0.39 is 0 Å². The van der Waals surface area contributed by atoms with Crippen molar-refractivity contribution in [2.75, 3.05) is 27.4 Å². The molecule has 0 spiro atoms. The maximum absolute atomic E-state index is 7.94. The van der Waals surface area contributed by atoms with Gasteiger partial charge in [0, 0.05) is 14.2 Å². The minimum atomic E-state index is 0.122. The van der Waals surface area contributed by atoms with Crippen molar-refractivity contribution in [3.8, 4) is 0 Å². The van der Waals surface area contributed by atoms with Gasteiger partial charge in [0.1, 0.15) is 0 Å². The molecule has 0 aromatic heterocycles. The highest BCUT2D eigenvalue weighted by Gasteiger charge is 1.80. The summed E-state index contributed by atoms with van der Waals surface area (Å²) in [4.78, 5) is 0. The number of nitrogens with zero attached hydrogens (tertiary/aromatic N) is 2. The van der Waals surface area contributed by atoms with Crippen molar-refractivity contribution in [1.82, 2.24) is 0 Å². The molecule has 1 N–H and O–H groups in total. The highest BCUT2D eigenvalue weighted by atomic mass is 16.5. The second kappa shape index (κ2) is 24.8. The fourth-order valence-corrected chi connectivity index (χ4v) is 0.701. The Kier molecular flexibility index (Phi) is 30.3. The predicted octanol–water partition coefficient (Wildman–Crippen LogP) is 4.08. The van der Waals surface area contributed by atoms with E-state index in [1.807, 2.05) is 58.0 Å². The third-order valence-corrected chi connectivity index (χ3v) is 1.27. The van der Waals surface area contributed by atoms with Gasteiger partial charge in [0.05, 0.1) is 18.9 Å². The molecule has 0 aliphatic carbocycles. The highest BCUT2D eigenvalue weighted by molar-refractivity contribution is 5.34. The fourth-order valence-electron chi connectivity index (χ4n) is 0.701. The van der Waals surface area contributed by atoms with Crippen LogP contribution in [0.4, 0.5) is 5.69 Å². The number of aliphatic hydroxyl groups excluding tert-OH is 1. The molecule has 0 radical (unpaired) electrons. The summed E-state index contributed by atoms with van der Waals surface area (Å²) in [7, 11) is 3.21. The number of ether oxygens (including phenoxy) is 1. The first-order valence-electron chi connectivity index (χ1n) is 6.29. The van der Waals surface area contributed by atoms with Crippen LogP contribution in [0.3, 0.4) is 0 Å². The van der Waals surface area contributed by atoms with E-state index in [1.165, 1.54) is 0 Å². The lowest BCUT2D eigenvalue weighted by molar-refractivity contribution is 0.135. The monoisotopic (exact) mass is 256 g/mol. The normalized spacial score (nSPS) is 8.17. The standard InChI is InChI=1S/C7H8N2.C3H8O2.2C2H6/c1-8-9-7-5-3-2-4-6-7;1-5-3-2-4;2*1-2/h2-6H,1H3;4H,2-3H2,1H3;2*1-2H3. The van der Waals surface area contributed by atoms with Crippen LogP contribution in [0, 0.1) is 0 Å². The fraction of sp³-hybridized carbons (Fsp3) is 0.571. The zero-order valence-corrected chi connectivity index (χ0v) is 12.6. The van der Waals surface area contributed by atoms with E-state index in [0.29, 0.717) is 6.61 Å². The van der Waals surface area contributed by atoms with Crippen molar-refractivity contribution in [3.63, 3.8) is 0 Å². The number of azo groups is 1. The summed E-state index contributed by atoms with van der Waals surface area (Å²) in [6.07, 6.45) is 0. The second-order valence-corrected chi connectivity index (χ2v) is 2.35. The van der Waals surface area contributed by atoms with Crippen LogP contribution in [0.2, 0.25) is 0 Å². The molecule has 0 saturated heterocycles. The van der Waals surface area contributed by atoms with Crippen LogP contribution in [-0.2, 0) is 4.74 Å². The molecule has 0 heterocycles. The number of rotatable bonds is 3. The van der Waals surface area contributed by atoms with Gasteiger partial charge in [-0.15, -0.1) is 0 Å². The largest absolute Gasteiger partial charge is 0.394 e. The second-order valence-electron chi connectivity index (χ2n) is 2.35. The Morgan fingerprint density at radius 2 is 1.56 bits per heavy atom. The topological polar surface area (TPSA) is 54.2 Å². The van der Waals surface area contributed by atoms with E-state index in [4.69, 9.17) is 5.11 Å². The molecule has 0 bridgehead atoms. The minimum Gasteiger partial charge on any atom is -0.394 e. The molecule has 106 valence electrons. The van der Waals surface area contributed by atoms with E-state index in [1.54, 1.807) is 14.2 Å². The van der Waals surface area contributed by atoms with Gasteiger partial charge in [0.2, 0.25) is 0 Å². The van der Waals surface area contributed by atoms with E-state index in [9.17, 15) is 0 Å². The summed E-state index contributed by atoms with van der Waals surface area (Å²) in [6, 6.07) is 9.64. The smallest absolute Gasteiger partial charge is 0.0852 e. The third-order valence-electron chi connectivity index (χ3n) is 1.27. The first-order valence-corrected chi connectivity index (χ1v) is 6.29. The molecule has 1 rings (SSSR count). The van der Waals surface area contributed by atoms with Crippen molar-refractivity contribution in [2.45, 2.75) is 27.7 Å². The lowest BCUT2D eigenvalue weighted by atomic mass is 10.3. The van der Waals surface area contributed by atoms with Gasteiger partial charge in [-0.1, -0.05) is 45.9 Å². The molecular weight excluding hydrogens is 228 g/mol. The lowest BCUT2D eigenvalue weighted by Gasteiger charge is -1.85. The number of methoxy groups -OCH3 is 1. The lowest BCUT2D eigenvalue weighted by Crippen LogP contribution is -1.91. The van der Waals surface area contributed by atoms with Crippen LogP contribution in [-0.4, -0.2) is 32.5 Å². The van der Waals surface area contributed by atoms with Gasteiger partial charge in [-0.05, 0) is 12.1 Å². The molecule has 4 nitrogen and oxygen atoms in total. The quantitative estimate of drug-likeness (QED) is 0.828. The molecule has 0 aliphatic heterocycles. The van der Waals surface area contributed by atoms with Crippen molar-refractivity contribution < 1.29 is 9.84 Å². The number of hydrogen-bond donors (Lipinski definition) is 1. The van der Waals surface area contributed by atoms with Gasteiger partial charge in [0.25, 0.3) is 0 Å². The zero-order chi connectivity index (χ0) is 14.6. The van der Waals surface area contributed by atoms with E-state index in [0.717, 1.165) is 5.69 Å². The first kappa shape index (κ1) is 22.0. The summed E-state index contributed by atoms with van der Waals surface area (Å²) >= 11 is 0. The molecule has 0 amide bonds. The maximum Gasteiger partial charge on any atom is 0.0852 e. The van der Waals surface area contributed by atoms with Crippen LogP contribution in [0.15, 0.2) is 40.6 Å². The summed E-state index contributed by atoms with van der Waals surface area (Å²) in [5.41, 5.74) is 0.903. The summed E-state index contributed by atoms with van der Waals surface area (Å²) in [5, 5.41) is 15.4. The third kappa shape index (κ3) is 20.2. The molecule has 0 atom stereocenters. The Hall–Kier alpha value is -1.26. The average molecular weight is 256 g/mol. The van der Waals surface area contributed by atoms with Gasteiger partial charge < -0.3 is 9.84 Å². The molecule has 18 heavy (non-hydrogen) atoms. The van der Waals surface area contributed by atoms with Crippen molar-refractivity contribution in [1.29, 1.82) is 0 Å². The Bertz CT molecular complexity index is 237. The summed E-state index contributed by atoms with van der Waals surface area (Å²) in [6.45, 7) is 8.57. The number of benzene rings is 1. The van der Waals surface area contributed by atoms with Gasteiger partial charge in [-0.3, -0.25) is 0 Å². The minimum absolute atomic E-state index is 0.122. The highest BCUT2D eigenvalue weighted by Crippen LogP contribution is 2.08. The van der Waals surface area contributed by atoms with Gasteiger partial charge in [0.15, 0.2) is 0 Å². The molecule has 1 aromatic carbocycles. The molecule has 0 fully saturated rings. The van der Waals surface area contributed by atoms with E-state index >= 15 is 0 Å². The predicted molar refractivity (Wildman–Crippen MR) is 78.5 cm³/mol. The van der Waals surface area contributed by atoms with Crippen molar-refractivity contribution in [2.24, 2.45) is 10.2 Å². The molecule has 1 aromatic rings. The zero-order valence-electron chi connectivity index (χ0n) is 12.6. The van der Waals surface area contributed by atoms with Crippen LogP contribution in [0.25, 0.3) is 0 Å². The maximum atomic E-state index is 7.94. The molecule has 0 aliphatic rings. The van der Waals surface area contributed by atoms with Gasteiger partial charge >= 0.3 is 0 Å². The van der Waals surface area contributed by atoms with Crippen LogP contribution >= 0.6 is 0 Å². The Morgan fingerprint density at radius 1 is 1.06 bits per heavy atom. The van der Waals surface area contributed by atoms with Crippen LogP contribution < -0.4 is 0 Å². The first-order chi connectivity index (χ1) is 8.85. The Labute approximate surface area is 112 Å². The molecular formula is C14H28N2O2. The average Bonchev–Trinajstić information content (AvgIpc) is 2.46. The number of hydrogen-bond acceptors (Lipinski definition) is 4.